The van der Waals surface area contributed by atoms with Crippen molar-refractivity contribution in [2.24, 2.45) is 4.99 Å². The van der Waals surface area contributed by atoms with Gasteiger partial charge in [-0.3, -0.25) is 19.5 Å². The number of nitrogens with zero attached hydrogens (tertiary/aromatic N) is 4. The maximum Gasteiger partial charge on any atom is 0.335 e. The predicted molar refractivity (Wildman–Crippen MR) is 127 cm³/mol. The molecule has 0 atom stereocenters. The number of para-hydroxylation sites is 1. The van der Waals surface area contributed by atoms with Crippen LogP contribution in [0.25, 0.3) is 5.69 Å². The van der Waals surface area contributed by atoms with Crippen molar-refractivity contribution in [3.05, 3.63) is 93.4 Å². The summed E-state index contributed by atoms with van der Waals surface area (Å²) in [5.74, 6) is -0.362. The Labute approximate surface area is 198 Å². The summed E-state index contributed by atoms with van der Waals surface area (Å²) in [7, 11) is -2.56. The van der Waals surface area contributed by atoms with Gasteiger partial charge in [0.25, 0.3) is 15.6 Å². The molecule has 0 aliphatic heterocycles. The quantitative estimate of drug-likeness (QED) is 0.325. The summed E-state index contributed by atoms with van der Waals surface area (Å²) < 4.78 is 33.5. The third-order valence-electron chi connectivity index (χ3n) is 4.72. The zero-order valence-electron chi connectivity index (χ0n) is 18.1. The van der Waals surface area contributed by atoms with Gasteiger partial charge in [0.1, 0.15) is 17.7 Å². The number of H-pyrrole nitrogens is 1. The Hall–Kier alpha value is -4.78. The van der Waals surface area contributed by atoms with Crippen molar-refractivity contribution in [1.82, 2.24) is 19.5 Å². The second-order valence-corrected chi connectivity index (χ2v) is 8.65. The molecule has 0 fully saturated rings. The standard InChI is InChI=1S/C22H18N6O6S/c1-34-19-11-18(24-13-25-19)27-35(32,33)16-9-7-14(8-10-16)23-12-17-20(29)26-22(31)28(21(17)30)15-5-3-2-4-6-15/h2-13,30H,1H3,(H,24,25,27)(H,26,29,31). The highest BCUT2D eigenvalue weighted by Crippen LogP contribution is 2.21. The Bertz CT molecular complexity index is 1610. The fraction of sp³-hybridized carbons (Fsp3) is 0.0455. The molecule has 3 N–H and O–H groups in total. The molecule has 0 aliphatic carbocycles. The van der Waals surface area contributed by atoms with Crippen molar-refractivity contribution in [1.29, 1.82) is 0 Å². The minimum absolute atomic E-state index is 0.0298. The summed E-state index contributed by atoms with van der Waals surface area (Å²) in [6, 6.07) is 15.0. The number of anilines is 1. The number of aromatic hydroxyl groups is 1. The molecule has 178 valence electrons. The average molecular weight is 494 g/mol. The highest BCUT2D eigenvalue weighted by atomic mass is 32.2. The Morgan fingerprint density at radius 2 is 1.80 bits per heavy atom. The van der Waals surface area contributed by atoms with Gasteiger partial charge < -0.3 is 9.84 Å². The molecule has 0 spiro atoms. The normalized spacial score (nSPS) is 11.5. The van der Waals surface area contributed by atoms with Gasteiger partial charge in [0.15, 0.2) is 0 Å². The molecule has 12 nitrogen and oxygen atoms in total. The van der Waals surface area contributed by atoms with E-state index in [4.69, 9.17) is 4.74 Å². The molecule has 2 aromatic heterocycles. The van der Waals surface area contributed by atoms with Gasteiger partial charge in [-0.2, -0.15) is 0 Å². The number of sulfonamides is 1. The second-order valence-electron chi connectivity index (χ2n) is 6.97. The fourth-order valence-electron chi connectivity index (χ4n) is 3.03. The molecule has 35 heavy (non-hydrogen) atoms. The molecule has 0 saturated heterocycles. The lowest BCUT2D eigenvalue weighted by Gasteiger charge is -2.09. The minimum atomic E-state index is -3.96. The molecular formula is C22H18N6O6S. The largest absolute Gasteiger partial charge is 0.493 e. The number of hydrogen-bond acceptors (Lipinski definition) is 9. The van der Waals surface area contributed by atoms with Crippen LogP contribution < -0.4 is 20.7 Å². The molecule has 4 aromatic rings. The van der Waals surface area contributed by atoms with Crippen LogP contribution in [0.3, 0.4) is 0 Å². The van der Waals surface area contributed by atoms with E-state index in [-0.39, 0.29) is 22.2 Å². The van der Waals surface area contributed by atoms with E-state index in [0.29, 0.717) is 11.4 Å². The fourth-order valence-corrected chi connectivity index (χ4v) is 4.02. The number of aromatic nitrogens is 4. The van der Waals surface area contributed by atoms with E-state index >= 15 is 0 Å². The van der Waals surface area contributed by atoms with E-state index in [2.05, 4.69) is 24.7 Å². The first-order chi connectivity index (χ1) is 16.8. The molecule has 0 unspecified atom stereocenters. The van der Waals surface area contributed by atoms with Crippen LogP contribution in [-0.2, 0) is 10.0 Å². The SMILES string of the molecule is COc1cc(NS(=O)(=O)c2ccc(N=Cc3c(O)n(-c4ccccc4)c(=O)[nH]c3=O)cc2)ncn1. The van der Waals surface area contributed by atoms with E-state index in [1.165, 1.54) is 37.4 Å². The number of aliphatic imine (C=N–C) groups is 1. The van der Waals surface area contributed by atoms with Gasteiger partial charge in [-0.05, 0) is 36.4 Å². The zero-order chi connectivity index (χ0) is 25.0. The van der Waals surface area contributed by atoms with E-state index in [1.54, 1.807) is 30.3 Å². The Morgan fingerprint density at radius 1 is 1.09 bits per heavy atom. The van der Waals surface area contributed by atoms with E-state index in [9.17, 15) is 23.1 Å². The van der Waals surface area contributed by atoms with Gasteiger partial charge in [-0.25, -0.2) is 27.7 Å². The number of methoxy groups -OCH3 is 1. The van der Waals surface area contributed by atoms with E-state index < -0.39 is 27.2 Å². The molecule has 0 saturated carbocycles. The van der Waals surface area contributed by atoms with Crippen LogP contribution in [0, 0.1) is 0 Å². The van der Waals surface area contributed by atoms with Gasteiger partial charge >= 0.3 is 5.69 Å². The summed E-state index contributed by atoms with van der Waals surface area (Å²) in [4.78, 5) is 38.3. The van der Waals surface area contributed by atoms with Gasteiger partial charge in [0, 0.05) is 12.3 Å². The minimum Gasteiger partial charge on any atom is -0.493 e. The van der Waals surface area contributed by atoms with Crippen molar-refractivity contribution in [3.8, 4) is 17.4 Å². The maximum absolute atomic E-state index is 12.6. The molecule has 2 heterocycles. The van der Waals surface area contributed by atoms with Gasteiger partial charge in [-0.15, -0.1) is 0 Å². The highest BCUT2D eigenvalue weighted by molar-refractivity contribution is 7.92. The highest BCUT2D eigenvalue weighted by Gasteiger charge is 2.16. The van der Waals surface area contributed by atoms with Crippen LogP contribution in [0.4, 0.5) is 11.5 Å². The lowest BCUT2D eigenvalue weighted by molar-refractivity contribution is 0.397. The Kier molecular flexibility index (Phi) is 6.42. The van der Waals surface area contributed by atoms with Crippen LogP contribution in [0.5, 0.6) is 11.8 Å². The number of hydrogen-bond donors (Lipinski definition) is 3. The topological polar surface area (TPSA) is 169 Å². The monoisotopic (exact) mass is 494 g/mol. The Morgan fingerprint density at radius 3 is 2.49 bits per heavy atom. The van der Waals surface area contributed by atoms with Crippen molar-refractivity contribution in [2.45, 2.75) is 4.90 Å². The Balaban J connectivity index is 1.59. The van der Waals surface area contributed by atoms with Gasteiger partial charge in [0.2, 0.25) is 11.8 Å². The van der Waals surface area contributed by atoms with Crippen molar-refractivity contribution in [2.75, 3.05) is 11.8 Å². The molecule has 2 aromatic carbocycles. The number of rotatable bonds is 7. The van der Waals surface area contributed by atoms with Crippen LogP contribution >= 0.6 is 0 Å². The third-order valence-corrected chi connectivity index (χ3v) is 6.09. The molecular weight excluding hydrogens is 476 g/mol. The molecule has 4 rings (SSSR count). The number of aromatic amines is 1. The molecule has 0 radical (unpaired) electrons. The van der Waals surface area contributed by atoms with E-state index in [0.717, 1.165) is 17.1 Å². The molecule has 0 bridgehead atoms. The number of nitrogens with one attached hydrogen (secondary N) is 2. The van der Waals surface area contributed by atoms with Crippen molar-refractivity contribution >= 4 is 27.7 Å². The summed E-state index contributed by atoms with van der Waals surface area (Å²) >= 11 is 0. The van der Waals surface area contributed by atoms with Crippen LogP contribution in [-0.4, -0.2) is 46.4 Å². The van der Waals surface area contributed by atoms with Crippen LogP contribution in [0.2, 0.25) is 0 Å². The predicted octanol–water partition coefficient (Wildman–Crippen LogP) is 1.58. The lowest BCUT2D eigenvalue weighted by atomic mass is 10.3. The summed E-state index contributed by atoms with van der Waals surface area (Å²) in [6.45, 7) is 0. The summed E-state index contributed by atoms with van der Waals surface area (Å²) in [5.41, 5.74) is -1.23. The van der Waals surface area contributed by atoms with Crippen molar-refractivity contribution < 1.29 is 18.3 Å². The maximum atomic E-state index is 12.6. The summed E-state index contributed by atoms with van der Waals surface area (Å²) in [6.07, 6.45) is 2.24. The second kappa shape index (κ2) is 9.61. The first kappa shape index (κ1) is 23.4. The molecule has 0 amide bonds. The molecule has 13 heteroatoms. The van der Waals surface area contributed by atoms with Gasteiger partial charge in [-0.1, -0.05) is 18.2 Å². The van der Waals surface area contributed by atoms with Gasteiger partial charge in [0.05, 0.1) is 23.4 Å². The van der Waals surface area contributed by atoms with Crippen LogP contribution in [0.1, 0.15) is 5.56 Å². The summed E-state index contributed by atoms with van der Waals surface area (Å²) in [5, 5.41) is 10.6. The lowest BCUT2D eigenvalue weighted by Crippen LogP contribution is -2.31. The average Bonchev–Trinajstić information content (AvgIpc) is 2.84. The first-order valence-corrected chi connectivity index (χ1v) is 11.4. The van der Waals surface area contributed by atoms with Crippen molar-refractivity contribution in [3.63, 3.8) is 0 Å². The van der Waals surface area contributed by atoms with E-state index in [1.807, 2.05) is 0 Å². The number of ether oxygens (including phenoxy) is 1. The first-order valence-electron chi connectivity index (χ1n) is 9.95. The third kappa shape index (κ3) is 5.09. The van der Waals surface area contributed by atoms with Crippen LogP contribution in [0.15, 0.2) is 86.5 Å². The zero-order valence-corrected chi connectivity index (χ0v) is 18.9. The molecule has 0 aliphatic rings. The number of benzene rings is 2. The smallest absolute Gasteiger partial charge is 0.335 e.